The summed E-state index contributed by atoms with van der Waals surface area (Å²) in [7, 11) is 1.65. The van der Waals surface area contributed by atoms with Crippen LogP contribution in [0.5, 0.6) is 5.75 Å². The van der Waals surface area contributed by atoms with Gasteiger partial charge in [-0.05, 0) is 44.0 Å². The molecule has 2 heterocycles. The summed E-state index contributed by atoms with van der Waals surface area (Å²) in [5.74, 6) is 2.80. The third kappa shape index (κ3) is 3.74. The van der Waals surface area contributed by atoms with Crippen molar-refractivity contribution in [3.05, 3.63) is 30.2 Å². The Morgan fingerprint density at radius 2 is 2.24 bits per heavy atom. The summed E-state index contributed by atoms with van der Waals surface area (Å²) in [6, 6.07) is 7.71. The number of halogens is 1. The van der Waals surface area contributed by atoms with Crippen molar-refractivity contribution in [3.8, 4) is 17.1 Å². The second-order valence-corrected chi connectivity index (χ2v) is 5.11. The monoisotopic (exact) mass is 309 g/mol. The van der Waals surface area contributed by atoms with Crippen LogP contribution in [0.3, 0.4) is 0 Å². The van der Waals surface area contributed by atoms with E-state index < -0.39 is 0 Å². The van der Waals surface area contributed by atoms with Crippen molar-refractivity contribution in [3.63, 3.8) is 0 Å². The second kappa shape index (κ2) is 7.43. The van der Waals surface area contributed by atoms with Gasteiger partial charge in [-0.25, -0.2) is 0 Å². The zero-order chi connectivity index (χ0) is 13.8. The molecular weight excluding hydrogens is 290 g/mol. The van der Waals surface area contributed by atoms with Crippen molar-refractivity contribution in [2.45, 2.75) is 19.3 Å². The fraction of sp³-hybridized carbons (Fsp3) is 0.467. The maximum Gasteiger partial charge on any atom is 0.226 e. The molecule has 114 valence electrons. The van der Waals surface area contributed by atoms with Gasteiger partial charge in [0.05, 0.1) is 12.7 Å². The molecule has 1 atom stereocenters. The highest BCUT2D eigenvalue weighted by Crippen LogP contribution is 2.27. The van der Waals surface area contributed by atoms with Crippen LogP contribution >= 0.6 is 12.4 Å². The van der Waals surface area contributed by atoms with E-state index in [0.29, 0.717) is 11.7 Å². The highest BCUT2D eigenvalue weighted by Gasteiger charge is 2.17. The van der Waals surface area contributed by atoms with Crippen LogP contribution in [0.15, 0.2) is 28.8 Å². The molecule has 1 fully saturated rings. The molecule has 1 N–H and O–H groups in total. The van der Waals surface area contributed by atoms with Crippen LogP contribution in [-0.4, -0.2) is 30.3 Å². The number of rotatable bonds is 5. The van der Waals surface area contributed by atoms with Gasteiger partial charge in [-0.1, -0.05) is 17.3 Å². The summed E-state index contributed by atoms with van der Waals surface area (Å²) in [6.07, 6.45) is 3.18. The fourth-order valence-corrected chi connectivity index (χ4v) is 2.58. The number of nitrogens with one attached hydrogen (secondary N) is 1. The Kier molecular flexibility index (Phi) is 5.59. The van der Waals surface area contributed by atoms with Crippen molar-refractivity contribution in [1.29, 1.82) is 0 Å². The molecule has 0 spiro atoms. The van der Waals surface area contributed by atoms with Gasteiger partial charge < -0.3 is 14.6 Å². The van der Waals surface area contributed by atoms with Gasteiger partial charge in [0, 0.05) is 6.42 Å². The Morgan fingerprint density at radius 1 is 1.38 bits per heavy atom. The van der Waals surface area contributed by atoms with Crippen LogP contribution in [0.1, 0.15) is 18.7 Å². The predicted molar refractivity (Wildman–Crippen MR) is 82.8 cm³/mol. The number of ether oxygens (including phenoxy) is 1. The Labute approximate surface area is 130 Å². The zero-order valence-electron chi connectivity index (χ0n) is 12.0. The Morgan fingerprint density at radius 3 is 3.00 bits per heavy atom. The highest BCUT2D eigenvalue weighted by molar-refractivity contribution is 5.85. The fourth-order valence-electron chi connectivity index (χ4n) is 2.58. The quantitative estimate of drug-likeness (QED) is 0.920. The van der Waals surface area contributed by atoms with Gasteiger partial charge in [-0.3, -0.25) is 0 Å². The van der Waals surface area contributed by atoms with E-state index in [1.54, 1.807) is 7.11 Å². The summed E-state index contributed by atoms with van der Waals surface area (Å²) in [5.41, 5.74) is 0.868. The standard InChI is InChI=1S/C15H19N3O2.ClH/c1-19-13-5-3-2-4-12(13)15-17-14(20-18-15)7-6-11-8-9-16-10-11;/h2-5,11,16H,6-10H2,1H3;1H. The average molecular weight is 310 g/mol. The molecule has 0 radical (unpaired) electrons. The Bertz CT molecular complexity index is 568. The van der Waals surface area contributed by atoms with Crippen LogP contribution < -0.4 is 10.1 Å². The summed E-state index contributed by atoms with van der Waals surface area (Å²) in [5, 5.41) is 7.43. The molecule has 6 heteroatoms. The summed E-state index contributed by atoms with van der Waals surface area (Å²) >= 11 is 0. The molecule has 1 unspecified atom stereocenters. The van der Waals surface area contributed by atoms with Gasteiger partial charge in [-0.15, -0.1) is 12.4 Å². The van der Waals surface area contributed by atoms with E-state index in [1.807, 2.05) is 24.3 Å². The van der Waals surface area contributed by atoms with Gasteiger partial charge in [0.2, 0.25) is 11.7 Å². The lowest BCUT2D eigenvalue weighted by Crippen LogP contribution is -2.09. The molecule has 1 aliphatic heterocycles. The van der Waals surface area contributed by atoms with Crippen LogP contribution in [0.25, 0.3) is 11.4 Å². The number of hydrogen-bond donors (Lipinski definition) is 1. The topological polar surface area (TPSA) is 60.2 Å². The maximum absolute atomic E-state index is 5.34. The molecule has 5 nitrogen and oxygen atoms in total. The van der Waals surface area contributed by atoms with Gasteiger partial charge in [0.15, 0.2) is 0 Å². The van der Waals surface area contributed by atoms with E-state index >= 15 is 0 Å². The van der Waals surface area contributed by atoms with Crippen molar-refractivity contribution < 1.29 is 9.26 Å². The van der Waals surface area contributed by atoms with Crippen molar-refractivity contribution in [2.75, 3.05) is 20.2 Å². The first-order valence-electron chi connectivity index (χ1n) is 7.03. The molecule has 3 rings (SSSR count). The van der Waals surface area contributed by atoms with E-state index in [9.17, 15) is 0 Å². The molecule has 1 aromatic heterocycles. The van der Waals surface area contributed by atoms with Crippen LogP contribution in [0.2, 0.25) is 0 Å². The number of para-hydroxylation sites is 1. The lowest BCUT2D eigenvalue weighted by atomic mass is 10.0. The van der Waals surface area contributed by atoms with Gasteiger partial charge in [-0.2, -0.15) is 4.98 Å². The minimum Gasteiger partial charge on any atom is -0.496 e. The molecule has 0 aliphatic carbocycles. The maximum atomic E-state index is 5.34. The molecule has 0 bridgehead atoms. The number of hydrogen-bond acceptors (Lipinski definition) is 5. The molecule has 1 saturated heterocycles. The van der Waals surface area contributed by atoms with E-state index in [1.165, 1.54) is 6.42 Å². The van der Waals surface area contributed by atoms with Crippen molar-refractivity contribution >= 4 is 12.4 Å². The van der Waals surface area contributed by atoms with E-state index in [0.717, 1.165) is 43.2 Å². The largest absolute Gasteiger partial charge is 0.496 e. The summed E-state index contributed by atoms with van der Waals surface area (Å²) in [6.45, 7) is 2.23. The summed E-state index contributed by atoms with van der Waals surface area (Å²) < 4.78 is 10.7. The predicted octanol–water partition coefficient (Wildman–Crippen LogP) is 2.71. The van der Waals surface area contributed by atoms with Crippen molar-refractivity contribution in [2.24, 2.45) is 5.92 Å². The van der Waals surface area contributed by atoms with Crippen LogP contribution in [-0.2, 0) is 6.42 Å². The third-order valence-corrected chi connectivity index (χ3v) is 3.74. The van der Waals surface area contributed by atoms with Crippen LogP contribution in [0, 0.1) is 5.92 Å². The Balaban J connectivity index is 0.00000161. The van der Waals surface area contributed by atoms with Gasteiger partial charge >= 0.3 is 0 Å². The number of benzene rings is 1. The minimum atomic E-state index is 0. The number of aryl methyl sites for hydroxylation is 1. The number of methoxy groups -OCH3 is 1. The smallest absolute Gasteiger partial charge is 0.226 e. The second-order valence-electron chi connectivity index (χ2n) is 5.11. The summed E-state index contributed by atoms with van der Waals surface area (Å²) in [4.78, 5) is 4.47. The lowest BCUT2D eigenvalue weighted by Gasteiger charge is -2.04. The first-order valence-corrected chi connectivity index (χ1v) is 7.03. The number of aromatic nitrogens is 2. The first-order chi connectivity index (χ1) is 9.86. The molecule has 21 heavy (non-hydrogen) atoms. The van der Waals surface area contributed by atoms with E-state index in [4.69, 9.17) is 9.26 Å². The molecule has 1 aliphatic rings. The molecule has 1 aromatic carbocycles. The third-order valence-electron chi connectivity index (χ3n) is 3.74. The molecule has 0 amide bonds. The van der Waals surface area contributed by atoms with Crippen molar-refractivity contribution in [1.82, 2.24) is 15.5 Å². The first kappa shape index (κ1) is 15.8. The van der Waals surface area contributed by atoms with Gasteiger partial charge in [0.1, 0.15) is 5.75 Å². The van der Waals surface area contributed by atoms with E-state index in [-0.39, 0.29) is 12.4 Å². The molecule has 0 saturated carbocycles. The average Bonchev–Trinajstić information content (AvgIpc) is 3.16. The van der Waals surface area contributed by atoms with E-state index in [2.05, 4.69) is 15.5 Å². The normalized spacial score (nSPS) is 17.5. The highest BCUT2D eigenvalue weighted by atomic mass is 35.5. The number of nitrogens with zero attached hydrogens (tertiary/aromatic N) is 2. The Hall–Kier alpha value is -1.59. The minimum absolute atomic E-state index is 0. The molecule has 2 aromatic rings. The van der Waals surface area contributed by atoms with Crippen LogP contribution in [0.4, 0.5) is 0 Å². The molecular formula is C15H20ClN3O2. The van der Waals surface area contributed by atoms with Gasteiger partial charge in [0.25, 0.3) is 0 Å². The zero-order valence-corrected chi connectivity index (χ0v) is 12.9. The SMILES string of the molecule is COc1ccccc1-c1noc(CCC2CCNC2)n1.Cl. The lowest BCUT2D eigenvalue weighted by molar-refractivity contribution is 0.364.